The van der Waals surface area contributed by atoms with Gasteiger partial charge in [-0.3, -0.25) is 14.5 Å². The molecule has 2 N–H and O–H groups in total. The lowest BCUT2D eigenvalue weighted by Crippen LogP contribution is -2.33. The zero-order valence-corrected chi connectivity index (χ0v) is 19.2. The topological polar surface area (TPSA) is 86.7 Å². The molecule has 4 rings (SSSR count). The van der Waals surface area contributed by atoms with Crippen molar-refractivity contribution in [3.8, 4) is 0 Å². The lowest BCUT2D eigenvalue weighted by molar-refractivity contribution is -0.131. The van der Waals surface area contributed by atoms with Crippen LogP contribution in [0.1, 0.15) is 29.8 Å². The first kappa shape index (κ1) is 22.4. The first-order valence-corrected chi connectivity index (χ1v) is 11.2. The lowest BCUT2D eigenvalue weighted by atomic mass is 10.1. The first-order chi connectivity index (χ1) is 15.9. The second-order valence-electron chi connectivity index (χ2n) is 8.12. The summed E-state index contributed by atoms with van der Waals surface area (Å²) >= 11 is 0. The number of nitrogens with one attached hydrogen (secondary N) is 2. The van der Waals surface area contributed by atoms with Crippen molar-refractivity contribution in [2.45, 2.75) is 27.3 Å². The molecule has 0 saturated carbocycles. The maximum atomic E-state index is 12.8. The highest BCUT2D eigenvalue weighted by Gasteiger charge is 2.23. The fourth-order valence-corrected chi connectivity index (χ4v) is 4.24. The van der Waals surface area contributed by atoms with Crippen molar-refractivity contribution >= 4 is 40.1 Å². The third kappa shape index (κ3) is 4.55. The molecule has 1 fully saturated rings. The first-order valence-electron chi connectivity index (χ1n) is 11.2. The van der Waals surface area contributed by atoms with Gasteiger partial charge in [-0.1, -0.05) is 0 Å². The van der Waals surface area contributed by atoms with Gasteiger partial charge in [0.1, 0.15) is 6.54 Å². The van der Waals surface area contributed by atoms with Gasteiger partial charge < -0.3 is 20.1 Å². The third-order valence-corrected chi connectivity index (χ3v) is 6.06. The summed E-state index contributed by atoms with van der Waals surface area (Å²) in [4.78, 5) is 40.7. The number of rotatable bonds is 7. The molecule has 172 valence electrons. The van der Waals surface area contributed by atoms with Crippen LogP contribution in [0, 0.1) is 6.92 Å². The van der Waals surface area contributed by atoms with Crippen LogP contribution in [-0.4, -0.2) is 53.5 Å². The second-order valence-corrected chi connectivity index (χ2v) is 8.12. The van der Waals surface area contributed by atoms with Crippen molar-refractivity contribution in [1.29, 1.82) is 0 Å². The number of anilines is 2. The number of urea groups is 1. The molecule has 4 amide bonds. The van der Waals surface area contributed by atoms with E-state index in [0.717, 1.165) is 22.2 Å². The van der Waals surface area contributed by atoms with Crippen LogP contribution < -0.4 is 15.5 Å². The van der Waals surface area contributed by atoms with Crippen LogP contribution in [0.25, 0.3) is 10.9 Å². The molecule has 8 heteroatoms. The van der Waals surface area contributed by atoms with Gasteiger partial charge >= 0.3 is 6.03 Å². The van der Waals surface area contributed by atoms with E-state index in [1.807, 2.05) is 66.8 Å². The number of carbonyl (C=O) groups is 3. The molecule has 3 aromatic rings. The van der Waals surface area contributed by atoms with Crippen LogP contribution in [-0.2, 0) is 11.3 Å². The molecule has 0 bridgehead atoms. The predicted molar refractivity (Wildman–Crippen MR) is 130 cm³/mol. The minimum absolute atomic E-state index is 0.0834. The van der Waals surface area contributed by atoms with E-state index in [2.05, 4.69) is 10.6 Å². The Kier molecular flexibility index (Phi) is 6.35. The Bertz CT molecular complexity index is 1210. The van der Waals surface area contributed by atoms with Gasteiger partial charge in [0.05, 0.1) is 0 Å². The minimum atomic E-state index is -0.217. The lowest BCUT2D eigenvalue weighted by Gasteiger charge is -2.19. The maximum Gasteiger partial charge on any atom is 0.322 e. The average molecular weight is 448 g/mol. The number of fused-ring (bicyclic) bond motifs is 1. The number of hydrogen-bond acceptors (Lipinski definition) is 3. The second kappa shape index (κ2) is 9.36. The maximum absolute atomic E-state index is 12.8. The Hall–Kier alpha value is -3.81. The fraction of sp³-hybridized carbons (Fsp3) is 0.320. The summed E-state index contributed by atoms with van der Waals surface area (Å²) in [6.45, 7) is 8.75. The minimum Gasteiger partial charge on any atom is -0.342 e. The number of carbonyl (C=O) groups excluding carboxylic acids is 3. The van der Waals surface area contributed by atoms with E-state index >= 15 is 0 Å². The summed E-state index contributed by atoms with van der Waals surface area (Å²) in [6, 6.07) is 12.8. The number of likely N-dealkylation sites (N-methyl/N-ethyl adjacent to an activating group) is 1. The molecule has 0 aliphatic carbocycles. The Balaban J connectivity index is 1.48. The number of nitrogens with zero attached hydrogens (tertiary/aromatic N) is 3. The van der Waals surface area contributed by atoms with Crippen LogP contribution in [0.2, 0.25) is 0 Å². The van der Waals surface area contributed by atoms with Crippen LogP contribution in [0.4, 0.5) is 16.2 Å². The predicted octanol–water partition coefficient (Wildman–Crippen LogP) is 3.60. The molecule has 0 unspecified atom stereocenters. The number of hydrogen-bond donors (Lipinski definition) is 2. The van der Waals surface area contributed by atoms with Crippen LogP contribution >= 0.6 is 0 Å². The molecule has 1 aliphatic heterocycles. The molecular formula is C25H29N5O3. The van der Waals surface area contributed by atoms with E-state index in [1.165, 1.54) is 0 Å². The van der Waals surface area contributed by atoms with Crippen LogP contribution in [0.3, 0.4) is 0 Å². The quantitative estimate of drug-likeness (QED) is 0.580. The molecular weight excluding hydrogens is 418 g/mol. The van der Waals surface area contributed by atoms with Gasteiger partial charge in [0.25, 0.3) is 5.91 Å². The number of amides is 4. The highest BCUT2D eigenvalue weighted by atomic mass is 16.2. The number of aromatic nitrogens is 1. The van der Waals surface area contributed by atoms with Gasteiger partial charge in [-0.2, -0.15) is 0 Å². The van der Waals surface area contributed by atoms with E-state index < -0.39 is 0 Å². The smallest absolute Gasteiger partial charge is 0.322 e. The standard InChI is InChI=1S/C25H29N5O3/c1-4-28(5-2)23(31)16-29-12-10-18-15-20(7-9-22(18)29)27-24(32)19-6-8-21(17(3)14-19)30-13-11-26-25(30)33/h6-10,12,14-15H,4-5,11,13,16H2,1-3H3,(H,26,33)(H,27,32). The van der Waals surface area contributed by atoms with Crippen molar-refractivity contribution in [2.24, 2.45) is 0 Å². The van der Waals surface area contributed by atoms with Crippen LogP contribution in [0.5, 0.6) is 0 Å². The van der Waals surface area contributed by atoms with Crippen molar-refractivity contribution in [3.63, 3.8) is 0 Å². The van der Waals surface area contributed by atoms with Gasteiger partial charge in [-0.15, -0.1) is 0 Å². The summed E-state index contributed by atoms with van der Waals surface area (Å²) in [5.74, 6) is -0.133. The van der Waals surface area contributed by atoms with E-state index in [4.69, 9.17) is 0 Å². The third-order valence-electron chi connectivity index (χ3n) is 6.06. The van der Waals surface area contributed by atoms with E-state index in [1.54, 1.807) is 17.0 Å². The Labute approximate surface area is 193 Å². The molecule has 1 saturated heterocycles. The zero-order chi connectivity index (χ0) is 23.5. The van der Waals surface area contributed by atoms with Gasteiger partial charge in [0.2, 0.25) is 5.91 Å². The van der Waals surface area contributed by atoms with E-state index in [9.17, 15) is 14.4 Å². The monoisotopic (exact) mass is 447 g/mol. The van der Waals surface area contributed by atoms with Crippen molar-refractivity contribution in [2.75, 3.05) is 36.4 Å². The largest absolute Gasteiger partial charge is 0.342 e. The van der Waals surface area contributed by atoms with Gasteiger partial charge in [-0.05, 0) is 68.8 Å². The summed E-state index contributed by atoms with van der Waals surface area (Å²) in [7, 11) is 0. The molecule has 2 aromatic carbocycles. The van der Waals surface area contributed by atoms with E-state index in [-0.39, 0.29) is 24.4 Å². The molecule has 33 heavy (non-hydrogen) atoms. The Morgan fingerprint density at radius 2 is 1.88 bits per heavy atom. The van der Waals surface area contributed by atoms with Crippen LogP contribution in [0.15, 0.2) is 48.7 Å². The van der Waals surface area contributed by atoms with Gasteiger partial charge in [-0.25, -0.2) is 4.79 Å². The molecule has 1 aliphatic rings. The van der Waals surface area contributed by atoms with Crippen molar-refractivity contribution in [3.05, 3.63) is 59.8 Å². The summed E-state index contributed by atoms with van der Waals surface area (Å²) in [6.07, 6.45) is 1.90. The average Bonchev–Trinajstić information content (AvgIpc) is 3.40. The molecule has 2 heterocycles. The van der Waals surface area contributed by atoms with Gasteiger partial charge in [0, 0.05) is 60.2 Å². The molecule has 0 atom stereocenters. The molecule has 0 spiro atoms. The number of aryl methyl sites for hydroxylation is 1. The SMILES string of the molecule is CCN(CC)C(=O)Cn1ccc2cc(NC(=O)c3ccc(N4CCNC4=O)c(C)c3)ccc21. The summed E-state index contributed by atoms with van der Waals surface area (Å²) in [5, 5.41) is 6.68. The molecule has 8 nitrogen and oxygen atoms in total. The normalized spacial score (nSPS) is 13.3. The van der Waals surface area contributed by atoms with Crippen molar-refractivity contribution < 1.29 is 14.4 Å². The number of benzene rings is 2. The van der Waals surface area contributed by atoms with Gasteiger partial charge in [0.15, 0.2) is 0 Å². The summed E-state index contributed by atoms with van der Waals surface area (Å²) in [5.41, 5.74) is 3.82. The Morgan fingerprint density at radius 3 is 2.55 bits per heavy atom. The Morgan fingerprint density at radius 1 is 1.09 bits per heavy atom. The molecule has 1 aromatic heterocycles. The van der Waals surface area contributed by atoms with E-state index in [0.29, 0.717) is 37.4 Å². The van der Waals surface area contributed by atoms with Crippen molar-refractivity contribution in [1.82, 2.24) is 14.8 Å². The highest BCUT2D eigenvalue weighted by Crippen LogP contribution is 2.25. The molecule has 0 radical (unpaired) electrons. The zero-order valence-electron chi connectivity index (χ0n) is 19.2. The summed E-state index contributed by atoms with van der Waals surface area (Å²) < 4.78 is 1.93. The fourth-order valence-electron chi connectivity index (χ4n) is 4.24. The highest BCUT2D eigenvalue weighted by molar-refractivity contribution is 6.06.